The van der Waals surface area contributed by atoms with Gasteiger partial charge in [-0.05, 0) is 36.6 Å². The van der Waals surface area contributed by atoms with Crippen LogP contribution in [-0.4, -0.2) is 14.7 Å². The van der Waals surface area contributed by atoms with Crippen molar-refractivity contribution in [3.8, 4) is 0 Å². The Labute approximate surface area is 130 Å². The van der Waals surface area contributed by atoms with E-state index in [2.05, 4.69) is 0 Å². The molecule has 112 valence electrons. The quantitative estimate of drug-likeness (QED) is 0.844. The zero-order chi connectivity index (χ0) is 15.6. The van der Waals surface area contributed by atoms with Crippen molar-refractivity contribution in [2.75, 3.05) is 11.0 Å². The van der Waals surface area contributed by atoms with Gasteiger partial charge in [0.2, 0.25) is 0 Å². The van der Waals surface area contributed by atoms with E-state index in [9.17, 15) is 17.2 Å². The van der Waals surface area contributed by atoms with Gasteiger partial charge in [-0.2, -0.15) is 0 Å². The first-order chi connectivity index (χ1) is 9.85. The van der Waals surface area contributed by atoms with Gasteiger partial charge in [0.1, 0.15) is 22.2 Å². The summed E-state index contributed by atoms with van der Waals surface area (Å²) in [4.78, 5) is 0.286. The van der Waals surface area contributed by atoms with Crippen molar-refractivity contribution < 1.29 is 17.2 Å². The van der Waals surface area contributed by atoms with E-state index in [4.69, 9.17) is 11.6 Å². The third-order valence-electron chi connectivity index (χ3n) is 2.61. The lowest BCUT2D eigenvalue weighted by molar-refractivity contribution is 0.582. The van der Waals surface area contributed by atoms with E-state index in [0.29, 0.717) is 4.90 Å². The molecule has 0 aliphatic heterocycles. The summed E-state index contributed by atoms with van der Waals surface area (Å²) in [7, 11) is -4.16. The van der Waals surface area contributed by atoms with Crippen LogP contribution in [0.5, 0.6) is 0 Å². The fraction of sp³-hybridized carbons (Fsp3) is 0.0769. The number of hydrogen-bond donors (Lipinski definition) is 1. The fourth-order valence-electron chi connectivity index (χ4n) is 1.65. The van der Waals surface area contributed by atoms with Gasteiger partial charge in [0.05, 0.1) is 0 Å². The summed E-state index contributed by atoms with van der Waals surface area (Å²) in [5, 5.41) is 0.210. The summed E-state index contributed by atoms with van der Waals surface area (Å²) in [5.41, 5.74) is -0.718. The smallest absolute Gasteiger partial charge is 0.263 e. The highest BCUT2D eigenvalue weighted by molar-refractivity contribution is 7.99. The molecule has 0 aliphatic rings. The van der Waals surface area contributed by atoms with E-state index >= 15 is 0 Å². The molecule has 8 heteroatoms. The van der Waals surface area contributed by atoms with Gasteiger partial charge in [-0.15, -0.1) is 11.8 Å². The Hall–Kier alpha value is -1.31. The summed E-state index contributed by atoms with van der Waals surface area (Å²) in [6.45, 7) is 0. The fourth-order valence-corrected chi connectivity index (χ4v) is 4.11. The molecule has 0 radical (unpaired) electrons. The van der Waals surface area contributed by atoms with E-state index in [0.717, 1.165) is 18.2 Å². The van der Waals surface area contributed by atoms with Gasteiger partial charge in [-0.1, -0.05) is 17.7 Å². The average molecular weight is 350 g/mol. The third-order valence-corrected chi connectivity index (χ3v) is 5.16. The van der Waals surface area contributed by atoms with Crippen molar-refractivity contribution in [2.24, 2.45) is 0 Å². The Kier molecular flexibility index (Phi) is 4.75. The van der Waals surface area contributed by atoms with Crippen molar-refractivity contribution >= 4 is 39.1 Å². The van der Waals surface area contributed by atoms with Crippen LogP contribution in [0.3, 0.4) is 0 Å². The van der Waals surface area contributed by atoms with Crippen LogP contribution in [0.1, 0.15) is 0 Å². The van der Waals surface area contributed by atoms with E-state index in [1.807, 2.05) is 4.72 Å². The van der Waals surface area contributed by atoms with Gasteiger partial charge in [-0.25, -0.2) is 17.2 Å². The number of thioether (sulfide) groups is 1. The van der Waals surface area contributed by atoms with Crippen molar-refractivity contribution in [2.45, 2.75) is 9.79 Å². The van der Waals surface area contributed by atoms with Crippen molar-refractivity contribution in [3.05, 3.63) is 53.1 Å². The number of anilines is 1. The maximum Gasteiger partial charge on any atom is 0.263 e. The Morgan fingerprint density at radius 3 is 2.33 bits per heavy atom. The molecule has 0 spiro atoms. The second kappa shape index (κ2) is 6.21. The normalized spacial score (nSPS) is 11.4. The van der Waals surface area contributed by atoms with Crippen LogP contribution < -0.4 is 4.72 Å². The van der Waals surface area contributed by atoms with E-state index in [1.165, 1.54) is 30.0 Å². The summed E-state index contributed by atoms with van der Waals surface area (Å²) in [6, 6.07) is 7.38. The molecular formula is C13H10ClF2NO2S2. The van der Waals surface area contributed by atoms with Crippen molar-refractivity contribution in [1.29, 1.82) is 0 Å². The van der Waals surface area contributed by atoms with Crippen LogP contribution in [0.2, 0.25) is 5.02 Å². The average Bonchev–Trinajstić information content (AvgIpc) is 2.43. The van der Waals surface area contributed by atoms with E-state index < -0.39 is 27.3 Å². The van der Waals surface area contributed by atoms with Gasteiger partial charge in [0, 0.05) is 9.92 Å². The van der Waals surface area contributed by atoms with Gasteiger partial charge in [0.25, 0.3) is 10.0 Å². The van der Waals surface area contributed by atoms with Crippen LogP contribution >= 0.6 is 23.4 Å². The Bertz CT molecular complexity index is 761. The predicted molar refractivity (Wildman–Crippen MR) is 80.4 cm³/mol. The number of sulfonamides is 1. The Balaban J connectivity index is 2.51. The van der Waals surface area contributed by atoms with Crippen LogP contribution in [0.15, 0.2) is 46.2 Å². The molecule has 0 saturated carbocycles. The largest absolute Gasteiger partial charge is 0.274 e. The molecule has 0 bridgehead atoms. The maximum atomic E-state index is 13.6. The van der Waals surface area contributed by atoms with Crippen LogP contribution in [0, 0.1) is 11.6 Å². The predicted octanol–water partition coefficient (Wildman–Crippen LogP) is 4.14. The maximum absolute atomic E-state index is 13.6. The molecular weight excluding hydrogens is 340 g/mol. The molecule has 0 amide bonds. The molecule has 0 aliphatic carbocycles. The molecule has 0 atom stereocenters. The molecule has 3 nitrogen and oxygen atoms in total. The lowest BCUT2D eigenvalue weighted by atomic mass is 10.3. The molecule has 2 aromatic rings. The molecule has 0 saturated heterocycles. The zero-order valence-corrected chi connectivity index (χ0v) is 13.1. The molecule has 1 N–H and O–H groups in total. The Morgan fingerprint density at radius 2 is 1.76 bits per heavy atom. The number of hydrogen-bond acceptors (Lipinski definition) is 3. The number of halogens is 3. The molecule has 0 heterocycles. The van der Waals surface area contributed by atoms with Gasteiger partial charge < -0.3 is 0 Å². The van der Waals surface area contributed by atoms with Gasteiger partial charge >= 0.3 is 0 Å². The number of rotatable bonds is 4. The number of para-hydroxylation sites is 1. The molecule has 2 rings (SSSR count). The highest BCUT2D eigenvalue weighted by atomic mass is 35.5. The lowest BCUT2D eigenvalue weighted by Crippen LogP contribution is -2.16. The topological polar surface area (TPSA) is 46.2 Å². The molecule has 0 aromatic heterocycles. The zero-order valence-electron chi connectivity index (χ0n) is 10.7. The van der Waals surface area contributed by atoms with Crippen molar-refractivity contribution in [3.63, 3.8) is 0 Å². The van der Waals surface area contributed by atoms with Crippen molar-refractivity contribution in [1.82, 2.24) is 0 Å². The first kappa shape index (κ1) is 16.1. The molecule has 21 heavy (non-hydrogen) atoms. The second-order valence-corrected chi connectivity index (χ2v) is 6.93. The third kappa shape index (κ3) is 3.48. The summed E-state index contributed by atoms with van der Waals surface area (Å²) >= 11 is 6.98. The molecule has 2 aromatic carbocycles. The van der Waals surface area contributed by atoms with Gasteiger partial charge in [-0.3, -0.25) is 4.72 Å². The summed E-state index contributed by atoms with van der Waals surface area (Å²) in [6.07, 6.45) is 1.69. The molecule has 0 fully saturated rings. The standard InChI is InChI=1S/C13H10ClF2NO2S2/c1-20-11-6-5-8(14)7-12(11)21(18,19)17-13-9(15)3-2-4-10(13)16/h2-7,17H,1H3. The minimum absolute atomic E-state index is 0.134. The minimum Gasteiger partial charge on any atom is -0.274 e. The first-order valence-electron chi connectivity index (χ1n) is 5.65. The highest BCUT2D eigenvalue weighted by Crippen LogP contribution is 2.30. The summed E-state index contributed by atoms with van der Waals surface area (Å²) in [5.74, 6) is -1.99. The van der Waals surface area contributed by atoms with E-state index in [-0.39, 0.29) is 9.92 Å². The number of benzene rings is 2. The van der Waals surface area contributed by atoms with Crippen LogP contribution in [0.4, 0.5) is 14.5 Å². The lowest BCUT2D eigenvalue weighted by Gasteiger charge is -2.12. The molecule has 0 unspecified atom stereocenters. The summed E-state index contributed by atoms with van der Waals surface area (Å²) < 4.78 is 53.7. The van der Waals surface area contributed by atoms with Crippen LogP contribution in [0.25, 0.3) is 0 Å². The first-order valence-corrected chi connectivity index (χ1v) is 8.74. The Morgan fingerprint density at radius 1 is 1.14 bits per heavy atom. The SMILES string of the molecule is CSc1ccc(Cl)cc1S(=O)(=O)Nc1c(F)cccc1F. The second-order valence-electron chi connectivity index (χ2n) is 4.00. The van der Waals surface area contributed by atoms with Gasteiger partial charge in [0.15, 0.2) is 0 Å². The van der Waals surface area contributed by atoms with Crippen LogP contribution in [-0.2, 0) is 10.0 Å². The number of nitrogens with one attached hydrogen (secondary N) is 1. The van der Waals surface area contributed by atoms with E-state index in [1.54, 1.807) is 6.26 Å². The minimum atomic E-state index is -4.16. The highest BCUT2D eigenvalue weighted by Gasteiger charge is 2.22. The monoisotopic (exact) mass is 349 g/mol.